The first-order chi connectivity index (χ1) is 9.14. The van der Waals surface area contributed by atoms with Crippen molar-refractivity contribution in [1.82, 2.24) is 10.6 Å². The summed E-state index contributed by atoms with van der Waals surface area (Å²) >= 11 is 0. The van der Waals surface area contributed by atoms with E-state index in [4.69, 9.17) is 0 Å². The highest BCUT2D eigenvalue weighted by atomic mass is 16.2. The molecule has 0 aliphatic heterocycles. The quantitative estimate of drug-likeness (QED) is 0.821. The van der Waals surface area contributed by atoms with Gasteiger partial charge in [-0.15, -0.1) is 0 Å². The van der Waals surface area contributed by atoms with Gasteiger partial charge in [-0.05, 0) is 45.1 Å². The summed E-state index contributed by atoms with van der Waals surface area (Å²) in [5.74, 6) is 0.319. The van der Waals surface area contributed by atoms with Crippen LogP contribution in [-0.2, 0) is 4.79 Å². The highest BCUT2D eigenvalue weighted by molar-refractivity contribution is 5.82. The second-order valence-corrected chi connectivity index (χ2v) is 6.70. The fourth-order valence-corrected chi connectivity index (χ4v) is 3.65. The van der Waals surface area contributed by atoms with Crippen LogP contribution in [-0.4, -0.2) is 24.5 Å². The molecular formula is C16H30N2O. The molecule has 2 aliphatic carbocycles. The first kappa shape index (κ1) is 14.8. The van der Waals surface area contributed by atoms with Crippen molar-refractivity contribution in [1.29, 1.82) is 0 Å². The summed E-state index contributed by atoms with van der Waals surface area (Å²) in [6, 6.07) is 1.09. The monoisotopic (exact) mass is 266 g/mol. The van der Waals surface area contributed by atoms with E-state index in [0.717, 1.165) is 32.2 Å². The summed E-state index contributed by atoms with van der Waals surface area (Å²) < 4.78 is 0. The van der Waals surface area contributed by atoms with E-state index in [1.807, 2.05) is 0 Å². The van der Waals surface area contributed by atoms with Crippen LogP contribution in [0.5, 0.6) is 0 Å². The van der Waals surface area contributed by atoms with Gasteiger partial charge in [0.1, 0.15) is 0 Å². The van der Waals surface area contributed by atoms with Crippen molar-refractivity contribution < 1.29 is 4.79 Å². The first-order valence-corrected chi connectivity index (χ1v) is 8.18. The maximum Gasteiger partial charge on any atom is 0.226 e. The largest absolute Gasteiger partial charge is 0.353 e. The second-order valence-electron chi connectivity index (χ2n) is 6.70. The fraction of sp³-hybridized carbons (Fsp3) is 0.938. The lowest BCUT2D eigenvalue weighted by atomic mass is 9.74. The number of amides is 1. The molecule has 1 amide bonds. The number of carbonyl (C=O) groups is 1. The summed E-state index contributed by atoms with van der Waals surface area (Å²) in [6.07, 6.45) is 10.6. The number of hydrogen-bond acceptors (Lipinski definition) is 2. The zero-order chi connectivity index (χ0) is 13.7. The van der Waals surface area contributed by atoms with Crippen molar-refractivity contribution in [3.05, 3.63) is 0 Å². The van der Waals surface area contributed by atoms with E-state index in [-0.39, 0.29) is 5.41 Å². The standard InChI is InChI=1S/C16H30N2O/c1-3-17-13-7-9-14(10-8-13)18-15(19)16(2)11-5-4-6-12-16/h13-14,17H,3-12H2,1-2H3,(H,18,19). The third kappa shape index (κ3) is 3.95. The van der Waals surface area contributed by atoms with Gasteiger partial charge in [-0.25, -0.2) is 0 Å². The van der Waals surface area contributed by atoms with Gasteiger partial charge >= 0.3 is 0 Å². The molecule has 110 valence electrons. The Morgan fingerprint density at radius 2 is 1.63 bits per heavy atom. The highest BCUT2D eigenvalue weighted by Gasteiger charge is 2.35. The molecule has 0 aromatic rings. The molecule has 19 heavy (non-hydrogen) atoms. The lowest BCUT2D eigenvalue weighted by molar-refractivity contribution is -0.132. The van der Waals surface area contributed by atoms with Crippen molar-refractivity contribution in [3.8, 4) is 0 Å². The molecule has 0 radical (unpaired) electrons. The van der Waals surface area contributed by atoms with Gasteiger partial charge in [0, 0.05) is 17.5 Å². The average Bonchev–Trinajstić information content (AvgIpc) is 2.42. The van der Waals surface area contributed by atoms with Crippen LogP contribution in [0.15, 0.2) is 0 Å². The average molecular weight is 266 g/mol. The molecule has 0 aromatic carbocycles. The minimum absolute atomic E-state index is 0.0865. The van der Waals surface area contributed by atoms with Gasteiger partial charge in [0.25, 0.3) is 0 Å². The predicted octanol–water partition coefficient (Wildman–Crippen LogP) is 2.99. The zero-order valence-corrected chi connectivity index (χ0v) is 12.6. The Morgan fingerprint density at radius 1 is 1.05 bits per heavy atom. The maximum absolute atomic E-state index is 12.5. The van der Waals surface area contributed by atoms with Crippen LogP contribution in [0.2, 0.25) is 0 Å². The molecule has 0 heterocycles. The Morgan fingerprint density at radius 3 is 2.21 bits per heavy atom. The topological polar surface area (TPSA) is 41.1 Å². The molecule has 0 aromatic heterocycles. The smallest absolute Gasteiger partial charge is 0.226 e. The Bertz CT molecular complexity index is 289. The Balaban J connectivity index is 1.77. The van der Waals surface area contributed by atoms with Gasteiger partial charge in [-0.2, -0.15) is 0 Å². The zero-order valence-electron chi connectivity index (χ0n) is 12.6. The van der Waals surface area contributed by atoms with Gasteiger partial charge in [-0.3, -0.25) is 4.79 Å². The third-order valence-electron chi connectivity index (χ3n) is 5.06. The van der Waals surface area contributed by atoms with Crippen LogP contribution in [0.25, 0.3) is 0 Å². The predicted molar refractivity (Wildman–Crippen MR) is 79.1 cm³/mol. The Kier molecular flexibility index (Phi) is 5.26. The summed E-state index contributed by atoms with van der Waals surface area (Å²) in [6.45, 7) is 5.38. The molecule has 0 bridgehead atoms. The molecule has 0 saturated heterocycles. The molecule has 2 saturated carbocycles. The molecule has 0 spiro atoms. The summed E-state index contributed by atoms with van der Waals surface area (Å²) in [7, 11) is 0. The maximum atomic E-state index is 12.5. The van der Waals surface area contributed by atoms with E-state index in [2.05, 4.69) is 24.5 Å². The lowest BCUT2D eigenvalue weighted by Crippen LogP contribution is -2.47. The van der Waals surface area contributed by atoms with Crippen LogP contribution < -0.4 is 10.6 Å². The Labute approximate surface area is 117 Å². The molecule has 2 rings (SSSR count). The van der Waals surface area contributed by atoms with Gasteiger partial charge in [-0.1, -0.05) is 33.1 Å². The van der Waals surface area contributed by atoms with Crippen molar-refractivity contribution in [2.24, 2.45) is 5.41 Å². The van der Waals surface area contributed by atoms with Gasteiger partial charge < -0.3 is 10.6 Å². The molecule has 3 nitrogen and oxygen atoms in total. The first-order valence-electron chi connectivity index (χ1n) is 8.18. The van der Waals surface area contributed by atoms with E-state index in [1.54, 1.807) is 0 Å². The van der Waals surface area contributed by atoms with Crippen LogP contribution in [0.1, 0.15) is 71.6 Å². The minimum atomic E-state index is -0.0865. The summed E-state index contributed by atoms with van der Waals surface area (Å²) in [5, 5.41) is 6.84. The van der Waals surface area contributed by atoms with Crippen molar-refractivity contribution in [2.75, 3.05) is 6.54 Å². The molecule has 3 heteroatoms. The van der Waals surface area contributed by atoms with Crippen molar-refractivity contribution >= 4 is 5.91 Å². The number of nitrogens with one attached hydrogen (secondary N) is 2. The van der Waals surface area contributed by atoms with E-state index < -0.39 is 0 Å². The SMILES string of the molecule is CCNC1CCC(NC(=O)C2(C)CCCCC2)CC1. The summed E-state index contributed by atoms with van der Waals surface area (Å²) in [5.41, 5.74) is -0.0865. The van der Waals surface area contributed by atoms with E-state index in [0.29, 0.717) is 18.0 Å². The van der Waals surface area contributed by atoms with Crippen molar-refractivity contribution in [2.45, 2.75) is 83.7 Å². The van der Waals surface area contributed by atoms with Crippen LogP contribution in [0.3, 0.4) is 0 Å². The van der Waals surface area contributed by atoms with Crippen LogP contribution in [0, 0.1) is 5.41 Å². The van der Waals surface area contributed by atoms with Gasteiger partial charge in [0.2, 0.25) is 5.91 Å². The van der Waals surface area contributed by atoms with Gasteiger partial charge in [0.05, 0.1) is 0 Å². The van der Waals surface area contributed by atoms with Crippen LogP contribution >= 0.6 is 0 Å². The van der Waals surface area contributed by atoms with Gasteiger partial charge in [0.15, 0.2) is 0 Å². The number of rotatable bonds is 4. The molecular weight excluding hydrogens is 236 g/mol. The summed E-state index contributed by atoms with van der Waals surface area (Å²) in [4.78, 5) is 12.5. The van der Waals surface area contributed by atoms with E-state index in [9.17, 15) is 4.79 Å². The number of hydrogen-bond donors (Lipinski definition) is 2. The molecule has 2 fully saturated rings. The number of carbonyl (C=O) groups excluding carboxylic acids is 1. The third-order valence-corrected chi connectivity index (χ3v) is 5.06. The molecule has 0 atom stereocenters. The van der Waals surface area contributed by atoms with Crippen molar-refractivity contribution in [3.63, 3.8) is 0 Å². The Hall–Kier alpha value is -0.570. The van der Waals surface area contributed by atoms with E-state index in [1.165, 1.54) is 32.1 Å². The normalized spacial score (nSPS) is 30.8. The molecule has 2 N–H and O–H groups in total. The lowest BCUT2D eigenvalue weighted by Gasteiger charge is -2.36. The molecule has 2 aliphatic rings. The second kappa shape index (κ2) is 6.74. The van der Waals surface area contributed by atoms with E-state index >= 15 is 0 Å². The highest BCUT2D eigenvalue weighted by Crippen LogP contribution is 2.36. The minimum Gasteiger partial charge on any atom is -0.353 e. The molecule has 0 unspecified atom stereocenters. The van der Waals surface area contributed by atoms with Crippen LogP contribution in [0.4, 0.5) is 0 Å². The fourth-order valence-electron chi connectivity index (χ4n) is 3.65.